The molecule has 1 aliphatic rings. The molecular formula is C43H29NO2. The first kappa shape index (κ1) is 25.5. The lowest BCUT2D eigenvalue weighted by Gasteiger charge is -2.29. The van der Waals surface area contributed by atoms with Gasteiger partial charge in [-0.3, -0.25) is 0 Å². The minimum atomic E-state index is -0.104. The number of hydrogen-bond acceptors (Lipinski definition) is 3. The van der Waals surface area contributed by atoms with Crippen LogP contribution >= 0.6 is 0 Å². The Kier molecular flexibility index (Phi) is 5.06. The summed E-state index contributed by atoms with van der Waals surface area (Å²) < 4.78 is 12.6. The molecule has 0 aliphatic heterocycles. The Balaban J connectivity index is 1.25. The molecule has 0 fully saturated rings. The molecule has 0 unspecified atom stereocenters. The molecular weight excluding hydrogens is 562 g/mol. The van der Waals surface area contributed by atoms with Crippen LogP contribution < -0.4 is 4.90 Å². The Morgan fingerprint density at radius 2 is 1.09 bits per heavy atom. The summed E-state index contributed by atoms with van der Waals surface area (Å²) in [6, 6.07) is 50.0. The molecule has 0 N–H and O–H groups in total. The monoisotopic (exact) mass is 591 g/mol. The number of anilines is 3. The number of benzene rings is 7. The zero-order valence-corrected chi connectivity index (χ0v) is 25.5. The molecule has 0 atom stereocenters. The van der Waals surface area contributed by atoms with Crippen LogP contribution in [0.1, 0.15) is 25.0 Å². The molecule has 0 saturated heterocycles. The molecule has 3 heteroatoms. The molecule has 0 radical (unpaired) electrons. The number of furan rings is 2. The molecule has 7 aromatic carbocycles. The summed E-state index contributed by atoms with van der Waals surface area (Å²) in [4.78, 5) is 2.40. The zero-order chi connectivity index (χ0) is 30.6. The van der Waals surface area contributed by atoms with E-state index in [-0.39, 0.29) is 5.41 Å². The molecule has 46 heavy (non-hydrogen) atoms. The Morgan fingerprint density at radius 3 is 1.91 bits per heavy atom. The average Bonchev–Trinajstić information content (AvgIpc) is 3.71. The molecule has 3 nitrogen and oxygen atoms in total. The smallest absolute Gasteiger partial charge is 0.137 e. The Morgan fingerprint density at radius 1 is 0.457 bits per heavy atom. The van der Waals surface area contributed by atoms with E-state index < -0.39 is 0 Å². The summed E-state index contributed by atoms with van der Waals surface area (Å²) >= 11 is 0. The fraction of sp³-hybridized carbons (Fsp3) is 0.0698. The van der Waals surface area contributed by atoms with E-state index >= 15 is 0 Å². The van der Waals surface area contributed by atoms with Gasteiger partial charge in [-0.05, 0) is 82.1 Å². The second kappa shape index (κ2) is 9.12. The van der Waals surface area contributed by atoms with Gasteiger partial charge in [0.15, 0.2) is 0 Å². The van der Waals surface area contributed by atoms with Crippen LogP contribution in [-0.2, 0) is 5.41 Å². The molecule has 2 aromatic heterocycles. The van der Waals surface area contributed by atoms with Crippen molar-refractivity contribution in [2.75, 3.05) is 4.90 Å². The Hall–Kier alpha value is -5.80. The predicted octanol–water partition coefficient (Wildman–Crippen LogP) is 12.4. The predicted molar refractivity (Wildman–Crippen MR) is 191 cm³/mol. The third-order valence-corrected chi connectivity index (χ3v) is 10.0. The van der Waals surface area contributed by atoms with E-state index in [0.29, 0.717) is 0 Å². The maximum atomic E-state index is 6.41. The highest BCUT2D eigenvalue weighted by Gasteiger charge is 2.37. The number of fused-ring (bicyclic) bond motifs is 10. The highest BCUT2D eigenvalue weighted by atomic mass is 16.3. The van der Waals surface area contributed by atoms with E-state index in [9.17, 15) is 0 Å². The van der Waals surface area contributed by atoms with Gasteiger partial charge in [0.2, 0.25) is 0 Å². The van der Waals surface area contributed by atoms with Gasteiger partial charge < -0.3 is 13.7 Å². The lowest BCUT2D eigenvalue weighted by Crippen LogP contribution is -2.16. The van der Waals surface area contributed by atoms with Gasteiger partial charge in [0.05, 0.1) is 5.69 Å². The highest BCUT2D eigenvalue weighted by molar-refractivity contribution is 6.11. The van der Waals surface area contributed by atoms with Gasteiger partial charge in [0, 0.05) is 50.0 Å². The van der Waals surface area contributed by atoms with Crippen molar-refractivity contribution in [3.05, 3.63) is 151 Å². The van der Waals surface area contributed by atoms with Crippen LogP contribution in [0.3, 0.4) is 0 Å². The van der Waals surface area contributed by atoms with Crippen LogP contribution in [0, 0.1) is 0 Å². The topological polar surface area (TPSA) is 29.5 Å². The highest BCUT2D eigenvalue weighted by Crippen LogP contribution is 2.54. The fourth-order valence-corrected chi connectivity index (χ4v) is 7.80. The summed E-state index contributed by atoms with van der Waals surface area (Å²) in [5.41, 5.74) is 12.1. The van der Waals surface area contributed by atoms with E-state index in [4.69, 9.17) is 8.83 Å². The van der Waals surface area contributed by atoms with Crippen LogP contribution in [-0.4, -0.2) is 0 Å². The first-order valence-electron chi connectivity index (χ1n) is 15.8. The minimum Gasteiger partial charge on any atom is -0.456 e. The maximum absolute atomic E-state index is 6.41. The van der Waals surface area contributed by atoms with Crippen molar-refractivity contribution < 1.29 is 8.83 Å². The summed E-state index contributed by atoms with van der Waals surface area (Å²) in [6.07, 6.45) is 0. The molecule has 0 bridgehead atoms. The average molecular weight is 592 g/mol. The lowest BCUT2D eigenvalue weighted by atomic mass is 9.82. The van der Waals surface area contributed by atoms with E-state index in [1.165, 1.54) is 27.6 Å². The molecule has 2 heterocycles. The van der Waals surface area contributed by atoms with E-state index in [1.54, 1.807) is 0 Å². The van der Waals surface area contributed by atoms with Gasteiger partial charge in [0.1, 0.15) is 22.3 Å². The van der Waals surface area contributed by atoms with Crippen molar-refractivity contribution in [1.82, 2.24) is 0 Å². The second-order valence-corrected chi connectivity index (χ2v) is 13.0. The summed E-state index contributed by atoms with van der Waals surface area (Å²) in [5.74, 6) is 0. The molecule has 9 aromatic rings. The van der Waals surface area contributed by atoms with Crippen molar-refractivity contribution in [3.8, 4) is 11.1 Å². The quantitative estimate of drug-likeness (QED) is 0.205. The van der Waals surface area contributed by atoms with Crippen LogP contribution in [0.2, 0.25) is 0 Å². The molecule has 10 rings (SSSR count). The number of hydrogen-bond donors (Lipinski definition) is 0. The van der Waals surface area contributed by atoms with Crippen LogP contribution in [0.5, 0.6) is 0 Å². The van der Waals surface area contributed by atoms with Gasteiger partial charge in [-0.1, -0.05) is 92.7 Å². The van der Waals surface area contributed by atoms with E-state index in [1.807, 2.05) is 24.3 Å². The van der Waals surface area contributed by atoms with Crippen molar-refractivity contribution in [1.29, 1.82) is 0 Å². The summed E-state index contributed by atoms with van der Waals surface area (Å²) in [5, 5.41) is 6.83. The number of para-hydroxylation sites is 2. The summed E-state index contributed by atoms with van der Waals surface area (Å²) in [7, 11) is 0. The van der Waals surface area contributed by atoms with Gasteiger partial charge in [-0.15, -0.1) is 0 Å². The van der Waals surface area contributed by atoms with E-state index in [0.717, 1.165) is 66.3 Å². The SMILES string of the molecule is CC1(C)c2ccccc2-c2c(N(c3ccc4cc5oc6ccccc6c5cc4c3)c3ccc4c(c3)oc3ccccc34)cccc21. The number of rotatable bonds is 3. The van der Waals surface area contributed by atoms with Crippen molar-refractivity contribution in [2.45, 2.75) is 19.3 Å². The second-order valence-electron chi connectivity index (χ2n) is 13.0. The van der Waals surface area contributed by atoms with Crippen molar-refractivity contribution in [2.24, 2.45) is 0 Å². The normalized spacial score (nSPS) is 13.6. The maximum Gasteiger partial charge on any atom is 0.137 e. The minimum absolute atomic E-state index is 0.104. The van der Waals surface area contributed by atoms with Crippen molar-refractivity contribution in [3.63, 3.8) is 0 Å². The van der Waals surface area contributed by atoms with Gasteiger partial charge >= 0.3 is 0 Å². The van der Waals surface area contributed by atoms with Gasteiger partial charge in [-0.25, -0.2) is 0 Å². The standard InChI is InChI=1S/C43H29NO2/c1-43(2)35-13-6-3-12-33(35)42-36(43)14-9-15-37(42)44(29-20-21-32-30-10-4-7-16-38(30)46-41(32)25-29)28-19-18-26-24-40-34(23-27(26)22-28)31-11-5-8-17-39(31)45-40/h3-25H,1-2H3. The first-order chi connectivity index (χ1) is 22.5. The van der Waals surface area contributed by atoms with Gasteiger partial charge in [0.25, 0.3) is 0 Å². The third-order valence-electron chi connectivity index (χ3n) is 10.0. The Labute approximate surface area is 265 Å². The molecule has 218 valence electrons. The van der Waals surface area contributed by atoms with Gasteiger partial charge in [-0.2, -0.15) is 0 Å². The van der Waals surface area contributed by atoms with E-state index in [2.05, 4.69) is 134 Å². The number of nitrogens with zero attached hydrogens (tertiary/aromatic N) is 1. The largest absolute Gasteiger partial charge is 0.456 e. The van der Waals surface area contributed by atoms with Crippen LogP contribution in [0.25, 0.3) is 65.8 Å². The molecule has 0 spiro atoms. The fourth-order valence-electron chi connectivity index (χ4n) is 7.80. The molecule has 0 amide bonds. The Bertz CT molecular complexity index is 2690. The first-order valence-corrected chi connectivity index (χ1v) is 15.8. The summed E-state index contributed by atoms with van der Waals surface area (Å²) in [6.45, 7) is 4.67. The lowest BCUT2D eigenvalue weighted by molar-refractivity contribution is 0.660. The van der Waals surface area contributed by atoms with Crippen LogP contribution in [0.4, 0.5) is 17.1 Å². The zero-order valence-electron chi connectivity index (χ0n) is 25.5. The molecule has 0 saturated carbocycles. The van der Waals surface area contributed by atoms with Crippen LogP contribution in [0.15, 0.2) is 148 Å². The molecule has 1 aliphatic carbocycles. The van der Waals surface area contributed by atoms with Crippen molar-refractivity contribution >= 4 is 71.7 Å². The third kappa shape index (κ3) is 3.48.